The second kappa shape index (κ2) is 6.39. The molecule has 1 aromatic carbocycles. The summed E-state index contributed by atoms with van der Waals surface area (Å²) in [5, 5.41) is 0.513. The Kier molecular flexibility index (Phi) is 4.80. The number of halogens is 1. The molecule has 0 atom stereocenters. The summed E-state index contributed by atoms with van der Waals surface area (Å²) >= 11 is 5.74. The molecule has 2 rings (SSSR count). The Bertz CT molecular complexity index is 665. The highest BCUT2D eigenvalue weighted by Crippen LogP contribution is 2.13. The first-order valence-electron chi connectivity index (χ1n) is 6.20. The smallest absolute Gasteiger partial charge is 0.240 e. The van der Waals surface area contributed by atoms with Crippen molar-refractivity contribution in [2.75, 3.05) is 6.54 Å². The zero-order chi connectivity index (χ0) is 14.6. The molecule has 0 fully saturated rings. The van der Waals surface area contributed by atoms with Gasteiger partial charge >= 0.3 is 0 Å². The van der Waals surface area contributed by atoms with Crippen LogP contribution >= 0.6 is 11.6 Å². The van der Waals surface area contributed by atoms with E-state index in [-0.39, 0.29) is 4.90 Å². The van der Waals surface area contributed by atoms with Crippen molar-refractivity contribution < 1.29 is 8.42 Å². The lowest BCUT2D eigenvalue weighted by Crippen LogP contribution is -2.25. The number of hydrogen-bond donors (Lipinski definition) is 1. The molecule has 0 radical (unpaired) electrons. The maximum atomic E-state index is 12.0. The highest BCUT2D eigenvalue weighted by Gasteiger charge is 2.12. The molecule has 0 spiro atoms. The summed E-state index contributed by atoms with van der Waals surface area (Å²) in [5.74, 6) is 0.940. The monoisotopic (exact) mass is 313 g/mol. The van der Waals surface area contributed by atoms with Crippen LogP contribution in [0.1, 0.15) is 12.2 Å². The fraction of sp³-hybridized carbons (Fsp3) is 0.308. The highest BCUT2D eigenvalue weighted by molar-refractivity contribution is 7.89. The summed E-state index contributed by atoms with van der Waals surface area (Å²) in [4.78, 5) is 4.41. The fourth-order valence-electron chi connectivity index (χ4n) is 1.79. The number of sulfonamides is 1. The molecule has 7 heteroatoms. The molecule has 0 saturated heterocycles. The number of nitrogens with one attached hydrogen (secondary N) is 1. The molecule has 5 nitrogen and oxygen atoms in total. The number of nitrogens with zero attached hydrogens (tertiary/aromatic N) is 2. The van der Waals surface area contributed by atoms with E-state index in [0.717, 1.165) is 12.2 Å². The molecule has 0 aliphatic carbocycles. The minimum Gasteiger partial charge on any atom is -0.338 e. The molecule has 0 aliphatic rings. The summed E-state index contributed by atoms with van der Waals surface area (Å²) in [7, 11) is -1.55. The molecule has 0 bridgehead atoms. The topological polar surface area (TPSA) is 64.0 Å². The molecular weight excluding hydrogens is 298 g/mol. The summed E-state index contributed by atoms with van der Waals surface area (Å²) in [6, 6.07) is 6.10. The predicted molar refractivity (Wildman–Crippen MR) is 78.2 cm³/mol. The zero-order valence-electron chi connectivity index (χ0n) is 11.1. The first-order chi connectivity index (χ1) is 9.49. The third-order valence-electron chi connectivity index (χ3n) is 2.91. The van der Waals surface area contributed by atoms with Crippen LogP contribution in [0.15, 0.2) is 41.6 Å². The third-order valence-corrected chi connectivity index (χ3v) is 4.64. The zero-order valence-corrected chi connectivity index (χ0v) is 12.7. The fourth-order valence-corrected chi connectivity index (χ4v) is 2.99. The quantitative estimate of drug-likeness (QED) is 0.829. The van der Waals surface area contributed by atoms with Crippen molar-refractivity contribution >= 4 is 21.6 Å². The van der Waals surface area contributed by atoms with Crippen LogP contribution < -0.4 is 4.72 Å². The average Bonchev–Trinajstić information content (AvgIpc) is 2.81. The Balaban J connectivity index is 1.87. The van der Waals surface area contributed by atoms with Gasteiger partial charge in [0.05, 0.1) is 4.90 Å². The van der Waals surface area contributed by atoms with E-state index in [0.29, 0.717) is 18.0 Å². The molecule has 1 heterocycles. The van der Waals surface area contributed by atoms with Gasteiger partial charge in [-0.1, -0.05) is 11.6 Å². The molecular formula is C13H16ClN3O2S. The second-order valence-corrected chi connectivity index (χ2v) is 6.61. The van der Waals surface area contributed by atoms with E-state index in [1.807, 2.05) is 17.8 Å². The Morgan fingerprint density at radius 3 is 2.60 bits per heavy atom. The maximum Gasteiger partial charge on any atom is 0.240 e. The first kappa shape index (κ1) is 15.0. The Labute approximate surface area is 123 Å². The standard InChI is InChI=1S/C13H16ClN3O2S/c1-17-10-9-15-13(17)3-2-8-16-20(18,19)12-6-4-11(14)5-7-12/h4-7,9-10,16H,2-3,8H2,1H3. The van der Waals surface area contributed by atoms with Crippen molar-refractivity contribution in [3.8, 4) is 0 Å². The van der Waals surface area contributed by atoms with Crippen LogP contribution in [0.3, 0.4) is 0 Å². The minimum atomic E-state index is -3.46. The van der Waals surface area contributed by atoms with Gasteiger partial charge in [0.2, 0.25) is 10.0 Å². The number of hydrogen-bond acceptors (Lipinski definition) is 3. The van der Waals surface area contributed by atoms with Gasteiger partial charge in [0.1, 0.15) is 5.82 Å². The maximum absolute atomic E-state index is 12.0. The van der Waals surface area contributed by atoms with Gasteiger partial charge in [-0.05, 0) is 30.7 Å². The number of imidazole rings is 1. The predicted octanol–water partition coefficient (Wildman–Crippen LogP) is 1.98. The molecule has 2 aromatic rings. The van der Waals surface area contributed by atoms with Crippen LogP contribution in [0.5, 0.6) is 0 Å². The molecule has 108 valence electrons. The Morgan fingerprint density at radius 1 is 1.30 bits per heavy atom. The van der Waals surface area contributed by atoms with Crippen molar-refractivity contribution in [1.82, 2.24) is 14.3 Å². The highest BCUT2D eigenvalue weighted by atomic mass is 35.5. The lowest BCUT2D eigenvalue weighted by Gasteiger charge is -2.07. The van der Waals surface area contributed by atoms with Crippen molar-refractivity contribution in [3.05, 3.63) is 47.5 Å². The van der Waals surface area contributed by atoms with Crippen LogP contribution in [0.2, 0.25) is 5.02 Å². The molecule has 0 unspecified atom stereocenters. The SMILES string of the molecule is Cn1ccnc1CCCNS(=O)(=O)c1ccc(Cl)cc1. The molecule has 0 saturated carbocycles. The normalized spacial score (nSPS) is 11.7. The lowest BCUT2D eigenvalue weighted by atomic mass is 10.3. The van der Waals surface area contributed by atoms with Gasteiger partial charge in [-0.3, -0.25) is 0 Å². The number of rotatable bonds is 6. The minimum absolute atomic E-state index is 0.221. The van der Waals surface area contributed by atoms with E-state index < -0.39 is 10.0 Å². The first-order valence-corrected chi connectivity index (χ1v) is 8.06. The van der Waals surface area contributed by atoms with Crippen LogP contribution in [-0.2, 0) is 23.5 Å². The van der Waals surface area contributed by atoms with Crippen LogP contribution in [0.25, 0.3) is 0 Å². The van der Waals surface area contributed by atoms with Crippen LogP contribution in [0.4, 0.5) is 0 Å². The summed E-state index contributed by atoms with van der Waals surface area (Å²) < 4.78 is 28.5. The van der Waals surface area contributed by atoms with Crippen molar-refractivity contribution in [1.29, 1.82) is 0 Å². The van der Waals surface area contributed by atoms with Crippen molar-refractivity contribution in [2.24, 2.45) is 7.05 Å². The summed E-state index contributed by atoms with van der Waals surface area (Å²) in [6.45, 7) is 0.373. The average molecular weight is 314 g/mol. The number of benzene rings is 1. The molecule has 1 aromatic heterocycles. The van der Waals surface area contributed by atoms with E-state index in [1.54, 1.807) is 18.3 Å². The van der Waals surface area contributed by atoms with E-state index >= 15 is 0 Å². The van der Waals surface area contributed by atoms with Gasteiger partial charge in [0, 0.05) is 37.4 Å². The third kappa shape index (κ3) is 3.82. The van der Waals surface area contributed by atoms with Gasteiger partial charge in [-0.25, -0.2) is 18.1 Å². The van der Waals surface area contributed by atoms with Crippen LogP contribution in [0, 0.1) is 0 Å². The van der Waals surface area contributed by atoms with Crippen LogP contribution in [-0.4, -0.2) is 24.5 Å². The van der Waals surface area contributed by atoms with E-state index in [9.17, 15) is 8.42 Å². The van der Waals surface area contributed by atoms with Crippen molar-refractivity contribution in [2.45, 2.75) is 17.7 Å². The Morgan fingerprint density at radius 2 is 2.00 bits per heavy atom. The number of aromatic nitrogens is 2. The number of aryl methyl sites for hydroxylation is 2. The van der Waals surface area contributed by atoms with Gasteiger partial charge in [-0.2, -0.15) is 0 Å². The summed E-state index contributed by atoms with van der Waals surface area (Å²) in [6.07, 6.45) is 5.02. The largest absolute Gasteiger partial charge is 0.338 e. The van der Waals surface area contributed by atoms with E-state index in [2.05, 4.69) is 9.71 Å². The van der Waals surface area contributed by atoms with Gasteiger partial charge in [0.15, 0.2) is 0 Å². The van der Waals surface area contributed by atoms with Crippen molar-refractivity contribution in [3.63, 3.8) is 0 Å². The van der Waals surface area contributed by atoms with Gasteiger partial charge < -0.3 is 4.57 Å². The second-order valence-electron chi connectivity index (χ2n) is 4.41. The molecule has 0 aliphatic heterocycles. The van der Waals surface area contributed by atoms with Gasteiger partial charge in [-0.15, -0.1) is 0 Å². The van der Waals surface area contributed by atoms with E-state index in [1.165, 1.54) is 12.1 Å². The molecule has 1 N–H and O–H groups in total. The lowest BCUT2D eigenvalue weighted by molar-refractivity contribution is 0.577. The summed E-state index contributed by atoms with van der Waals surface area (Å²) in [5.41, 5.74) is 0. The van der Waals surface area contributed by atoms with Gasteiger partial charge in [0.25, 0.3) is 0 Å². The Hall–Kier alpha value is -1.37. The molecule has 20 heavy (non-hydrogen) atoms. The molecule has 0 amide bonds. The van der Waals surface area contributed by atoms with E-state index in [4.69, 9.17) is 11.6 Å².